The number of rotatable bonds is 6. The van der Waals surface area contributed by atoms with Gasteiger partial charge < -0.3 is 9.84 Å². The van der Waals surface area contributed by atoms with Crippen molar-refractivity contribution in [3.63, 3.8) is 0 Å². The summed E-state index contributed by atoms with van der Waals surface area (Å²) in [5.74, 6) is 0.468. The van der Waals surface area contributed by atoms with E-state index >= 15 is 0 Å². The summed E-state index contributed by atoms with van der Waals surface area (Å²) in [6.45, 7) is 2.19. The summed E-state index contributed by atoms with van der Waals surface area (Å²) in [6.07, 6.45) is -5.32. The molecule has 6 heteroatoms. The van der Waals surface area contributed by atoms with E-state index in [1.807, 2.05) is 0 Å². The molecule has 0 spiro atoms. The van der Waals surface area contributed by atoms with Gasteiger partial charge in [0.2, 0.25) is 0 Å². The number of aliphatic hydroxyl groups is 1. The molecule has 1 rings (SSSR count). The molecule has 1 N–H and O–H groups in total. The Kier molecular flexibility index (Phi) is 5.83. The minimum absolute atomic E-state index is 0.0997. The molecule has 0 saturated carbocycles. The number of methoxy groups -OCH3 is 1. The minimum Gasteiger partial charge on any atom is -0.496 e. The number of halogens is 3. The Bertz CT molecular complexity index is 421. The van der Waals surface area contributed by atoms with Gasteiger partial charge in [0, 0.05) is 18.2 Å². The highest BCUT2D eigenvalue weighted by Gasteiger charge is 2.33. The van der Waals surface area contributed by atoms with E-state index in [4.69, 9.17) is 4.74 Å². The first-order chi connectivity index (χ1) is 9.24. The number of ether oxygens (including phenoxy) is 1. The quantitative estimate of drug-likeness (QED) is 0.874. The summed E-state index contributed by atoms with van der Waals surface area (Å²) in [5.41, 5.74) is 0.489. The molecule has 0 heterocycles. The van der Waals surface area contributed by atoms with Crippen molar-refractivity contribution < 1.29 is 23.0 Å². The second kappa shape index (κ2) is 6.95. The zero-order valence-corrected chi connectivity index (χ0v) is 11.8. The number of hydrogen-bond donors (Lipinski definition) is 1. The fourth-order valence-electron chi connectivity index (χ4n) is 1.95. The van der Waals surface area contributed by atoms with Gasteiger partial charge in [-0.05, 0) is 19.9 Å². The van der Waals surface area contributed by atoms with Crippen LogP contribution in [0.5, 0.6) is 5.75 Å². The average Bonchev–Trinajstić information content (AvgIpc) is 2.36. The molecular weight excluding hydrogens is 271 g/mol. The van der Waals surface area contributed by atoms with E-state index in [0.29, 0.717) is 11.3 Å². The molecule has 114 valence electrons. The van der Waals surface area contributed by atoms with Gasteiger partial charge in [-0.1, -0.05) is 18.2 Å². The van der Waals surface area contributed by atoms with Crippen molar-refractivity contribution in [1.82, 2.24) is 4.90 Å². The van der Waals surface area contributed by atoms with Crippen LogP contribution in [0, 0.1) is 0 Å². The molecule has 0 aliphatic rings. The SMILES string of the molecule is COc1ccccc1C(O)CN(CC(F)(F)F)C(C)C. The van der Waals surface area contributed by atoms with Crippen LogP contribution in [0.2, 0.25) is 0 Å². The molecule has 0 radical (unpaired) electrons. The fraction of sp³-hybridized carbons (Fsp3) is 0.571. The summed E-state index contributed by atoms with van der Waals surface area (Å²) >= 11 is 0. The number of nitrogens with zero attached hydrogens (tertiary/aromatic N) is 1. The molecule has 0 aromatic heterocycles. The van der Waals surface area contributed by atoms with Crippen LogP contribution < -0.4 is 4.74 Å². The molecule has 0 fully saturated rings. The van der Waals surface area contributed by atoms with E-state index in [2.05, 4.69) is 0 Å². The summed E-state index contributed by atoms with van der Waals surface area (Å²) in [7, 11) is 1.46. The third kappa shape index (κ3) is 5.02. The van der Waals surface area contributed by atoms with E-state index < -0.39 is 18.8 Å². The topological polar surface area (TPSA) is 32.7 Å². The summed E-state index contributed by atoms with van der Waals surface area (Å²) in [4.78, 5) is 1.19. The number of hydrogen-bond acceptors (Lipinski definition) is 3. The third-order valence-electron chi connectivity index (χ3n) is 3.02. The van der Waals surface area contributed by atoms with E-state index in [0.717, 1.165) is 0 Å². The van der Waals surface area contributed by atoms with Gasteiger partial charge in [-0.3, -0.25) is 4.90 Å². The summed E-state index contributed by atoms with van der Waals surface area (Å²) in [5, 5.41) is 10.2. The van der Waals surface area contributed by atoms with E-state index in [1.54, 1.807) is 38.1 Å². The van der Waals surface area contributed by atoms with Crippen molar-refractivity contribution in [3.8, 4) is 5.75 Å². The smallest absolute Gasteiger partial charge is 0.401 e. The molecule has 20 heavy (non-hydrogen) atoms. The van der Waals surface area contributed by atoms with Crippen LogP contribution in [0.25, 0.3) is 0 Å². The van der Waals surface area contributed by atoms with Crippen LogP contribution in [0.1, 0.15) is 25.5 Å². The molecule has 3 nitrogen and oxygen atoms in total. The lowest BCUT2D eigenvalue weighted by Crippen LogP contribution is -2.41. The second-order valence-electron chi connectivity index (χ2n) is 4.90. The van der Waals surface area contributed by atoms with Gasteiger partial charge in [-0.25, -0.2) is 0 Å². The summed E-state index contributed by atoms with van der Waals surface area (Å²) < 4.78 is 42.7. The van der Waals surface area contributed by atoms with Gasteiger partial charge in [-0.2, -0.15) is 13.2 Å². The molecule has 1 aromatic carbocycles. The lowest BCUT2D eigenvalue weighted by molar-refractivity contribution is -0.152. The zero-order valence-electron chi connectivity index (χ0n) is 11.8. The lowest BCUT2D eigenvalue weighted by atomic mass is 10.1. The molecule has 1 aromatic rings. The second-order valence-corrected chi connectivity index (χ2v) is 4.90. The van der Waals surface area contributed by atoms with Crippen LogP contribution in [0.4, 0.5) is 13.2 Å². The van der Waals surface area contributed by atoms with Crippen LogP contribution in [0.3, 0.4) is 0 Å². The fourth-order valence-corrected chi connectivity index (χ4v) is 1.95. The standard InChI is InChI=1S/C14H20F3NO2/c1-10(2)18(9-14(15,16)17)8-12(19)11-6-4-5-7-13(11)20-3/h4-7,10,12,19H,8-9H2,1-3H3. The third-order valence-corrected chi connectivity index (χ3v) is 3.02. The maximum atomic E-state index is 12.5. The minimum atomic E-state index is -4.29. The Balaban J connectivity index is 2.83. The first kappa shape index (κ1) is 16.8. The van der Waals surface area contributed by atoms with Gasteiger partial charge in [0.1, 0.15) is 5.75 Å². The molecule has 0 bridgehead atoms. The average molecular weight is 291 g/mol. The predicted octanol–water partition coefficient (Wildman–Crippen LogP) is 3.00. The highest BCUT2D eigenvalue weighted by Crippen LogP contribution is 2.27. The van der Waals surface area contributed by atoms with E-state index in [9.17, 15) is 18.3 Å². The Morgan fingerprint density at radius 1 is 1.25 bits per heavy atom. The van der Waals surface area contributed by atoms with Crippen molar-refractivity contribution in [2.45, 2.75) is 32.2 Å². The predicted molar refractivity (Wildman–Crippen MR) is 70.7 cm³/mol. The molecule has 0 aliphatic heterocycles. The number of benzene rings is 1. The zero-order chi connectivity index (χ0) is 15.3. The van der Waals surface area contributed by atoms with Crippen molar-refractivity contribution in [1.29, 1.82) is 0 Å². The van der Waals surface area contributed by atoms with Gasteiger partial charge >= 0.3 is 6.18 Å². The van der Waals surface area contributed by atoms with Crippen LogP contribution in [-0.4, -0.2) is 42.4 Å². The highest BCUT2D eigenvalue weighted by atomic mass is 19.4. The molecule has 1 atom stereocenters. The van der Waals surface area contributed by atoms with Gasteiger partial charge in [0.25, 0.3) is 0 Å². The number of para-hydroxylation sites is 1. The van der Waals surface area contributed by atoms with Gasteiger partial charge in [0.05, 0.1) is 19.8 Å². The normalized spacial score (nSPS) is 13.8. The molecule has 1 unspecified atom stereocenters. The van der Waals surface area contributed by atoms with Crippen LogP contribution in [0.15, 0.2) is 24.3 Å². The Morgan fingerprint density at radius 2 is 1.85 bits per heavy atom. The monoisotopic (exact) mass is 291 g/mol. The van der Waals surface area contributed by atoms with Crippen molar-refractivity contribution in [2.24, 2.45) is 0 Å². The lowest BCUT2D eigenvalue weighted by Gasteiger charge is -2.29. The Labute approximate surface area is 117 Å². The number of alkyl halides is 3. The Hall–Kier alpha value is -1.27. The summed E-state index contributed by atoms with van der Waals surface area (Å²) in [6, 6.07) is 6.45. The molecule has 0 amide bonds. The van der Waals surface area contributed by atoms with Gasteiger partial charge in [0.15, 0.2) is 0 Å². The maximum absolute atomic E-state index is 12.5. The van der Waals surface area contributed by atoms with Crippen molar-refractivity contribution in [3.05, 3.63) is 29.8 Å². The van der Waals surface area contributed by atoms with Crippen LogP contribution in [-0.2, 0) is 0 Å². The van der Waals surface area contributed by atoms with Crippen molar-refractivity contribution in [2.75, 3.05) is 20.2 Å². The first-order valence-electron chi connectivity index (χ1n) is 6.36. The Morgan fingerprint density at radius 3 is 2.35 bits per heavy atom. The molecule has 0 aliphatic carbocycles. The number of aliphatic hydroxyl groups excluding tert-OH is 1. The first-order valence-corrected chi connectivity index (χ1v) is 6.36. The highest BCUT2D eigenvalue weighted by molar-refractivity contribution is 5.35. The van der Waals surface area contributed by atoms with E-state index in [-0.39, 0.29) is 12.6 Å². The van der Waals surface area contributed by atoms with Crippen LogP contribution >= 0.6 is 0 Å². The molecule has 0 saturated heterocycles. The largest absolute Gasteiger partial charge is 0.496 e. The van der Waals surface area contributed by atoms with Crippen molar-refractivity contribution >= 4 is 0 Å². The van der Waals surface area contributed by atoms with Gasteiger partial charge in [-0.15, -0.1) is 0 Å². The maximum Gasteiger partial charge on any atom is 0.401 e. The molecular formula is C14H20F3NO2. The van der Waals surface area contributed by atoms with E-state index in [1.165, 1.54) is 12.0 Å².